The molecule has 1 aromatic carbocycles. The molecule has 0 unspecified atom stereocenters. The fourth-order valence-corrected chi connectivity index (χ4v) is 2.79. The molecule has 0 aliphatic carbocycles. The minimum absolute atomic E-state index is 0.0271. The summed E-state index contributed by atoms with van der Waals surface area (Å²) in [6.45, 7) is 0. The zero-order valence-corrected chi connectivity index (χ0v) is 11.3. The van der Waals surface area contributed by atoms with E-state index in [-0.39, 0.29) is 5.75 Å². The Balaban J connectivity index is 2.02. The summed E-state index contributed by atoms with van der Waals surface area (Å²) in [4.78, 5) is 10.4. The summed E-state index contributed by atoms with van der Waals surface area (Å²) in [5, 5.41) is 20.6. The Hall–Kier alpha value is -1.31. The van der Waals surface area contributed by atoms with E-state index in [1.165, 1.54) is 11.3 Å². The van der Waals surface area contributed by atoms with E-state index in [0.717, 1.165) is 17.4 Å². The lowest BCUT2D eigenvalue weighted by atomic mass is 10.3. The van der Waals surface area contributed by atoms with Gasteiger partial charge in [0.15, 0.2) is 4.34 Å². The molecule has 0 atom stereocenters. The van der Waals surface area contributed by atoms with Gasteiger partial charge in [-0.25, -0.2) is 0 Å². The van der Waals surface area contributed by atoms with Crippen molar-refractivity contribution in [3.05, 3.63) is 29.3 Å². The predicted octanol–water partition coefficient (Wildman–Crippen LogP) is 3.11. The molecule has 2 aromatic rings. The summed E-state index contributed by atoms with van der Waals surface area (Å²) >= 11 is 8.42. The molecular formula is C10H8ClN3O2S2. The predicted molar refractivity (Wildman–Crippen MR) is 73.0 cm³/mol. The third kappa shape index (κ3) is 3.59. The lowest BCUT2D eigenvalue weighted by Crippen LogP contribution is -1.96. The summed E-state index contributed by atoms with van der Waals surface area (Å²) in [6, 6.07) is 7.29. The van der Waals surface area contributed by atoms with Crippen LogP contribution in [-0.2, 0) is 4.79 Å². The standard InChI is InChI=1S/C10H8ClN3O2S2/c11-6-3-1-2-4-7(6)12-9-13-14-10(18-9)17-5-8(15)16/h1-4H,5H2,(H,12,13)(H,15,16). The highest BCUT2D eigenvalue weighted by Crippen LogP contribution is 2.30. The van der Waals surface area contributed by atoms with Crippen LogP contribution in [0.25, 0.3) is 0 Å². The second kappa shape index (κ2) is 6.03. The molecular weight excluding hydrogens is 294 g/mol. The van der Waals surface area contributed by atoms with E-state index in [0.29, 0.717) is 14.5 Å². The zero-order valence-electron chi connectivity index (χ0n) is 8.96. The largest absolute Gasteiger partial charge is 0.481 e. The molecule has 0 fully saturated rings. The Morgan fingerprint density at radius 3 is 2.94 bits per heavy atom. The number of thioether (sulfide) groups is 1. The van der Waals surface area contributed by atoms with Crippen LogP contribution in [0.5, 0.6) is 0 Å². The van der Waals surface area contributed by atoms with Crippen LogP contribution in [0.2, 0.25) is 5.02 Å². The summed E-state index contributed by atoms with van der Waals surface area (Å²) in [6.07, 6.45) is 0. The van der Waals surface area contributed by atoms with Crippen LogP contribution >= 0.6 is 34.7 Å². The number of rotatable bonds is 5. The van der Waals surface area contributed by atoms with Crippen molar-refractivity contribution < 1.29 is 9.90 Å². The normalized spacial score (nSPS) is 10.3. The van der Waals surface area contributed by atoms with Gasteiger partial charge in [0.2, 0.25) is 5.13 Å². The average molecular weight is 302 g/mol. The lowest BCUT2D eigenvalue weighted by Gasteiger charge is -2.02. The van der Waals surface area contributed by atoms with Crippen molar-refractivity contribution in [2.24, 2.45) is 0 Å². The van der Waals surface area contributed by atoms with E-state index in [2.05, 4.69) is 15.5 Å². The average Bonchev–Trinajstić information content (AvgIpc) is 2.77. The van der Waals surface area contributed by atoms with Gasteiger partial charge in [-0.1, -0.05) is 46.8 Å². The van der Waals surface area contributed by atoms with Crippen LogP contribution in [0.3, 0.4) is 0 Å². The Morgan fingerprint density at radius 1 is 1.44 bits per heavy atom. The van der Waals surface area contributed by atoms with Gasteiger partial charge in [-0.15, -0.1) is 10.2 Å². The molecule has 18 heavy (non-hydrogen) atoms. The first kappa shape index (κ1) is 13.1. The molecule has 0 aliphatic heterocycles. The van der Waals surface area contributed by atoms with Crippen LogP contribution in [-0.4, -0.2) is 27.0 Å². The van der Waals surface area contributed by atoms with Gasteiger partial charge in [0.05, 0.1) is 16.5 Å². The summed E-state index contributed by atoms with van der Waals surface area (Å²) in [7, 11) is 0. The number of benzene rings is 1. The Bertz CT molecular complexity index is 562. The van der Waals surface area contributed by atoms with Crippen molar-refractivity contribution in [2.45, 2.75) is 4.34 Å². The number of nitrogens with one attached hydrogen (secondary N) is 1. The highest BCUT2D eigenvalue weighted by atomic mass is 35.5. The van der Waals surface area contributed by atoms with E-state index >= 15 is 0 Å². The van der Waals surface area contributed by atoms with Gasteiger partial charge in [0.25, 0.3) is 0 Å². The molecule has 0 amide bonds. The van der Waals surface area contributed by atoms with E-state index < -0.39 is 5.97 Å². The minimum atomic E-state index is -0.879. The zero-order chi connectivity index (χ0) is 13.0. The third-order valence-corrected chi connectivity index (χ3v) is 4.13. The fourth-order valence-electron chi connectivity index (χ4n) is 1.12. The van der Waals surface area contributed by atoms with Gasteiger partial charge in [0, 0.05) is 0 Å². The first-order chi connectivity index (χ1) is 8.65. The fraction of sp³-hybridized carbons (Fsp3) is 0.100. The first-order valence-electron chi connectivity index (χ1n) is 4.85. The molecule has 2 N–H and O–H groups in total. The number of halogens is 1. The van der Waals surface area contributed by atoms with Crippen molar-refractivity contribution in [3.63, 3.8) is 0 Å². The van der Waals surface area contributed by atoms with Crippen molar-refractivity contribution >= 4 is 51.5 Å². The maximum Gasteiger partial charge on any atom is 0.313 e. The van der Waals surface area contributed by atoms with Crippen molar-refractivity contribution in [1.29, 1.82) is 0 Å². The van der Waals surface area contributed by atoms with Gasteiger partial charge in [0.1, 0.15) is 0 Å². The highest BCUT2D eigenvalue weighted by Gasteiger charge is 2.08. The highest BCUT2D eigenvalue weighted by molar-refractivity contribution is 8.01. The smallest absolute Gasteiger partial charge is 0.313 e. The molecule has 1 aromatic heterocycles. The minimum Gasteiger partial charge on any atom is -0.481 e. The van der Waals surface area contributed by atoms with Gasteiger partial charge < -0.3 is 10.4 Å². The Kier molecular flexibility index (Phi) is 4.40. The summed E-state index contributed by atoms with van der Waals surface area (Å²) < 4.78 is 0.604. The number of hydrogen-bond acceptors (Lipinski definition) is 6. The molecule has 8 heteroatoms. The molecule has 0 saturated carbocycles. The van der Waals surface area contributed by atoms with Crippen LogP contribution in [0.4, 0.5) is 10.8 Å². The topological polar surface area (TPSA) is 75.1 Å². The maximum absolute atomic E-state index is 10.4. The number of anilines is 2. The van der Waals surface area contributed by atoms with Gasteiger partial charge >= 0.3 is 5.97 Å². The number of aromatic nitrogens is 2. The number of carboxylic acids is 1. The number of carbonyl (C=O) groups is 1. The van der Waals surface area contributed by atoms with E-state index in [9.17, 15) is 4.79 Å². The SMILES string of the molecule is O=C(O)CSc1nnc(Nc2ccccc2Cl)s1. The van der Waals surface area contributed by atoms with Gasteiger partial charge in [-0.3, -0.25) is 4.79 Å². The number of para-hydroxylation sites is 1. The summed E-state index contributed by atoms with van der Waals surface area (Å²) in [5.41, 5.74) is 0.741. The number of carboxylic acid groups (broad SMARTS) is 1. The second-order valence-electron chi connectivity index (χ2n) is 3.16. The number of hydrogen-bond donors (Lipinski definition) is 2. The van der Waals surface area contributed by atoms with E-state index in [4.69, 9.17) is 16.7 Å². The van der Waals surface area contributed by atoms with Crippen LogP contribution in [0, 0.1) is 0 Å². The number of aliphatic carboxylic acids is 1. The van der Waals surface area contributed by atoms with E-state index in [1.54, 1.807) is 6.07 Å². The molecule has 94 valence electrons. The van der Waals surface area contributed by atoms with Gasteiger partial charge in [-0.05, 0) is 12.1 Å². The van der Waals surface area contributed by atoms with Crippen LogP contribution < -0.4 is 5.32 Å². The molecule has 0 bridgehead atoms. The third-order valence-electron chi connectivity index (χ3n) is 1.84. The Morgan fingerprint density at radius 2 is 2.22 bits per heavy atom. The van der Waals surface area contributed by atoms with Crippen LogP contribution in [0.15, 0.2) is 28.6 Å². The molecule has 0 saturated heterocycles. The molecule has 0 aliphatic rings. The van der Waals surface area contributed by atoms with Crippen molar-refractivity contribution in [1.82, 2.24) is 10.2 Å². The number of nitrogens with zero attached hydrogens (tertiary/aromatic N) is 2. The monoisotopic (exact) mass is 301 g/mol. The molecule has 0 spiro atoms. The molecule has 0 radical (unpaired) electrons. The molecule has 5 nitrogen and oxygen atoms in total. The Labute approximate surface area is 116 Å². The first-order valence-corrected chi connectivity index (χ1v) is 7.03. The van der Waals surface area contributed by atoms with Gasteiger partial charge in [-0.2, -0.15) is 0 Å². The van der Waals surface area contributed by atoms with Crippen molar-refractivity contribution in [2.75, 3.05) is 11.1 Å². The lowest BCUT2D eigenvalue weighted by molar-refractivity contribution is -0.133. The van der Waals surface area contributed by atoms with Crippen LogP contribution in [0.1, 0.15) is 0 Å². The quantitative estimate of drug-likeness (QED) is 0.827. The maximum atomic E-state index is 10.4. The summed E-state index contributed by atoms with van der Waals surface area (Å²) in [5.74, 6) is -0.906. The second-order valence-corrected chi connectivity index (χ2v) is 5.77. The molecule has 2 rings (SSSR count). The van der Waals surface area contributed by atoms with E-state index in [1.807, 2.05) is 18.2 Å². The molecule has 1 heterocycles. The van der Waals surface area contributed by atoms with Crippen molar-refractivity contribution in [3.8, 4) is 0 Å².